The summed E-state index contributed by atoms with van der Waals surface area (Å²) in [4.78, 5) is 37.1. The summed E-state index contributed by atoms with van der Waals surface area (Å²) in [6.45, 7) is 5.92. The molecule has 2 rings (SSSR count). The Morgan fingerprint density at radius 2 is 2.00 bits per heavy atom. The SMILES string of the molecule is CC[C@H](C)[C@H](NC(C)=O)C(=O)N1Cc2cccc(C(=O)O)c2C1. The Bertz CT molecular complexity index is 641. The van der Waals surface area contributed by atoms with E-state index in [0.29, 0.717) is 12.1 Å². The van der Waals surface area contributed by atoms with Crippen LogP contribution in [0.15, 0.2) is 18.2 Å². The van der Waals surface area contributed by atoms with Gasteiger partial charge in [0.25, 0.3) is 0 Å². The second kappa shape index (κ2) is 6.81. The molecular weight excluding hydrogens is 296 g/mol. The highest BCUT2D eigenvalue weighted by atomic mass is 16.4. The minimum Gasteiger partial charge on any atom is -0.478 e. The van der Waals surface area contributed by atoms with Crippen LogP contribution in [-0.4, -0.2) is 33.8 Å². The molecule has 1 aliphatic rings. The molecule has 6 heteroatoms. The van der Waals surface area contributed by atoms with Crippen LogP contribution in [-0.2, 0) is 22.7 Å². The van der Waals surface area contributed by atoms with Crippen molar-refractivity contribution in [3.05, 3.63) is 34.9 Å². The number of carbonyl (C=O) groups excluding carboxylic acids is 2. The molecule has 1 aliphatic heterocycles. The molecule has 0 unspecified atom stereocenters. The monoisotopic (exact) mass is 318 g/mol. The van der Waals surface area contributed by atoms with E-state index in [9.17, 15) is 19.5 Å². The second-order valence-corrected chi connectivity index (χ2v) is 6.01. The summed E-state index contributed by atoms with van der Waals surface area (Å²) in [6, 6.07) is 4.50. The first-order valence-corrected chi connectivity index (χ1v) is 7.75. The van der Waals surface area contributed by atoms with E-state index in [4.69, 9.17) is 0 Å². The van der Waals surface area contributed by atoms with Gasteiger partial charge in [-0.3, -0.25) is 9.59 Å². The molecule has 0 spiro atoms. The van der Waals surface area contributed by atoms with E-state index in [1.165, 1.54) is 6.92 Å². The Labute approximate surface area is 135 Å². The molecule has 23 heavy (non-hydrogen) atoms. The molecule has 2 amide bonds. The number of hydrogen-bond acceptors (Lipinski definition) is 3. The summed E-state index contributed by atoms with van der Waals surface area (Å²) in [5, 5.41) is 12.0. The van der Waals surface area contributed by atoms with Crippen LogP contribution in [0.2, 0.25) is 0 Å². The zero-order valence-corrected chi connectivity index (χ0v) is 13.6. The topological polar surface area (TPSA) is 86.7 Å². The van der Waals surface area contributed by atoms with Crippen molar-refractivity contribution in [3.63, 3.8) is 0 Å². The number of aromatic carboxylic acids is 1. The average molecular weight is 318 g/mol. The number of carboxylic acids is 1. The van der Waals surface area contributed by atoms with Gasteiger partial charge in [0.15, 0.2) is 0 Å². The largest absolute Gasteiger partial charge is 0.478 e. The molecule has 0 saturated carbocycles. The first-order chi connectivity index (χ1) is 10.8. The number of benzene rings is 1. The average Bonchev–Trinajstić information content (AvgIpc) is 2.94. The van der Waals surface area contributed by atoms with Crippen LogP contribution in [0.1, 0.15) is 48.7 Å². The van der Waals surface area contributed by atoms with E-state index in [1.54, 1.807) is 17.0 Å². The fourth-order valence-electron chi connectivity index (χ4n) is 2.88. The Kier molecular flexibility index (Phi) is 5.03. The zero-order valence-electron chi connectivity index (χ0n) is 13.6. The number of nitrogens with one attached hydrogen (secondary N) is 1. The molecule has 2 N–H and O–H groups in total. The summed E-state index contributed by atoms with van der Waals surface area (Å²) < 4.78 is 0. The van der Waals surface area contributed by atoms with Gasteiger partial charge in [0.2, 0.25) is 11.8 Å². The lowest BCUT2D eigenvalue weighted by Gasteiger charge is -2.27. The lowest BCUT2D eigenvalue weighted by Crippen LogP contribution is -2.49. The lowest BCUT2D eigenvalue weighted by atomic mass is 9.98. The summed E-state index contributed by atoms with van der Waals surface area (Å²) in [6.07, 6.45) is 0.762. The minimum absolute atomic E-state index is 0.00839. The Balaban J connectivity index is 2.23. The number of nitrogens with zero attached hydrogens (tertiary/aromatic N) is 1. The van der Waals surface area contributed by atoms with Gasteiger partial charge in [-0.1, -0.05) is 32.4 Å². The molecular formula is C17H22N2O4. The summed E-state index contributed by atoms with van der Waals surface area (Å²) in [7, 11) is 0. The maximum atomic E-state index is 12.8. The van der Waals surface area contributed by atoms with E-state index in [2.05, 4.69) is 5.32 Å². The number of rotatable bonds is 5. The normalized spacial score (nSPS) is 15.7. The van der Waals surface area contributed by atoms with Crippen molar-refractivity contribution < 1.29 is 19.5 Å². The number of hydrogen-bond donors (Lipinski definition) is 2. The first-order valence-electron chi connectivity index (χ1n) is 7.75. The predicted molar refractivity (Wildman–Crippen MR) is 84.7 cm³/mol. The molecule has 124 valence electrons. The minimum atomic E-state index is -0.989. The van der Waals surface area contributed by atoms with Crippen molar-refractivity contribution in [1.29, 1.82) is 0 Å². The van der Waals surface area contributed by atoms with Crippen LogP contribution in [0.3, 0.4) is 0 Å². The van der Waals surface area contributed by atoms with E-state index in [1.807, 2.05) is 19.9 Å². The third kappa shape index (κ3) is 3.52. The molecule has 0 fully saturated rings. The van der Waals surface area contributed by atoms with Crippen LogP contribution in [0.5, 0.6) is 0 Å². The van der Waals surface area contributed by atoms with Gasteiger partial charge in [-0.2, -0.15) is 0 Å². The van der Waals surface area contributed by atoms with E-state index in [0.717, 1.165) is 12.0 Å². The summed E-state index contributed by atoms with van der Waals surface area (Å²) >= 11 is 0. The second-order valence-electron chi connectivity index (χ2n) is 6.01. The predicted octanol–water partition coefficient (Wildman–Crippen LogP) is 1.78. The molecule has 0 saturated heterocycles. The highest BCUT2D eigenvalue weighted by Crippen LogP contribution is 2.27. The van der Waals surface area contributed by atoms with E-state index >= 15 is 0 Å². The number of carbonyl (C=O) groups is 3. The van der Waals surface area contributed by atoms with Crippen LogP contribution in [0.4, 0.5) is 0 Å². The van der Waals surface area contributed by atoms with Gasteiger partial charge in [-0.25, -0.2) is 4.79 Å². The third-order valence-electron chi connectivity index (χ3n) is 4.36. The van der Waals surface area contributed by atoms with Crippen molar-refractivity contribution in [2.45, 2.75) is 46.3 Å². The standard InChI is InChI=1S/C17H22N2O4/c1-4-10(2)15(18-11(3)20)16(21)19-8-12-6-5-7-13(17(22)23)14(12)9-19/h5-7,10,15H,4,8-9H2,1-3H3,(H,18,20)(H,22,23)/t10-,15-/m0/s1. The van der Waals surface area contributed by atoms with E-state index < -0.39 is 12.0 Å². The number of amides is 2. The van der Waals surface area contributed by atoms with Crippen molar-refractivity contribution in [3.8, 4) is 0 Å². The Morgan fingerprint density at radius 3 is 2.57 bits per heavy atom. The van der Waals surface area contributed by atoms with Gasteiger partial charge in [-0.05, 0) is 23.1 Å². The molecule has 0 aliphatic carbocycles. The van der Waals surface area contributed by atoms with Crippen molar-refractivity contribution >= 4 is 17.8 Å². The van der Waals surface area contributed by atoms with Crippen molar-refractivity contribution in [2.24, 2.45) is 5.92 Å². The highest BCUT2D eigenvalue weighted by Gasteiger charge is 2.33. The molecule has 1 heterocycles. The van der Waals surface area contributed by atoms with Gasteiger partial charge in [-0.15, -0.1) is 0 Å². The van der Waals surface area contributed by atoms with Crippen molar-refractivity contribution in [1.82, 2.24) is 10.2 Å². The Hall–Kier alpha value is -2.37. The number of fused-ring (bicyclic) bond motifs is 1. The summed E-state index contributed by atoms with van der Waals surface area (Å²) in [5.41, 5.74) is 1.76. The fraction of sp³-hybridized carbons (Fsp3) is 0.471. The third-order valence-corrected chi connectivity index (χ3v) is 4.36. The van der Waals surface area contributed by atoms with Crippen LogP contribution >= 0.6 is 0 Å². The van der Waals surface area contributed by atoms with Gasteiger partial charge in [0.1, 0.15) is 6.04 Å². The molecule has 0 radical (unpaired) electrons. The summed E-state index contributed by atoms with van der Waals surface area (Å²) in [5.74, 6) is -1.39. The van der Waals surface area contributed by atoms with Crippen LogP contribution in [0, 0.1) is 5.92 Å². The zero-order chi connectivity index (χ0) is 17.1. The maximum Gasteiger partial charge on any atom is 0.336 e. The molecule has 6 nitrogen and oxygen atoms in total. The lowest BCUT2D eigenvalue weighted by molar-refractivity contribution is -0.138. The first kappa shape index (κ1) is 17.0. The molecule has 1 aromatic rings. The van der Waals surface area contributed by atoms with Crippen LogP contribution < -0.4 is 5.32 Å². The van der Waals surface area contributed by atoms with E-state index in [-0.39, 0.29) is 29.8 Å². The van der Waals surface area contributed by atoms with Crippen molar-refractivity contribution in [2.75, 3.05) is 0 Å². The quantitative estimate of drug-likeness (QED) is 0.866. The van der Waals surface area contributed by atoms with Gasteiger partial charge in [0, 0.05) is 20.0 Å². The van der Waals surface area contributed by atoms with Crippen LogP contribution in [0.25, 0.3) is 0 Å². The number of carboxylic acid groups (broad SMARTS) is 1. The molecule has 0 aromatic heterocycles. The van der Waals surface area contributed by atoms with Gasteiger partial charge in [0.05, 0.1) is 5.56 Å². The molecule has 1 aromatic carbocycles. The fourth-order valence-corrected chi connectivity index (χ4v) is 2.88. The Morgan fingerprint density at radius 1 is 1.30 bits per heavy atom. The smallest absolute Gasteiger partial charge is 0.336 e. The highest BCUT2D eigenvalue weighted by molar-refractivity contribution is 5.91. The van der Waals surface area contributed by atoms with Gasteiger partial charge < -0.3 is 15.3 Å². The van der Waals surface area contributed by atoms with Gasteiger partial charge >= 0.3 is 5.97 Å². The molecule has 0 bridgehead atoms. The molecule has 2 atom stereocenters. The maximum absolute atomic E-state index is 12.8.